The average Bonchev–Trinajstić information content (AvgIpc) is 3.15. The van der Waals surface area contributed by atoms with Gasteiger partial charge in [0.05, 0.1) is 24.3 Å². The Balaban J connectivity index is 0.000000423. The first-order chi connectivity index (χ1) is 14.4. The van der Waals surface area contributed by atoms with Crippen LogP contribution in [0.3, 0.4) is 0 Å². The van der Waals surface area contributed by atoms with E-state index in [0.29, 0.717) is 32.4 Å². The Morgan fingerprint density at radius 2 is 2.03 bits per heavy atom. The number of aromatic nitrogens is 1. The molecule has 1 aromatic heterocycles. The highest BCUT2D eigenvalue weighted by atomic mass is 32.2. The molecule has 0 bridgehead atoms. The lowest BCUT2D eigenvalue weighted by atomic mass is 9.91. The minimum Gasteiger partial charge on any atom is -0.475 e. The number of carbonyl (C=O) groups is 2. The number of halogens is 3. The minimum absolute atomic E-state index is 0.117. The number of aliphatic carboxylic acids is 1. The van der Waals surface area contributed by atoms with Gasteiger partial charge < -0.3 is 15.2 Å². The Morgan fingerprint density at radius 3 is 2.58 bits per heavy atom. The van der Waals surface area contributed by atoms with Crippen LogP contribution in [0.25, 0.3) is 0 Å². The summed E-state index contributed by atoms with van der Waals surface area (Å²) >= 11 is 0. The lowest BCUT2D eigenvalue weighted by Crippen LogP contribution is -2.54. The van der Waals surface area contributed by atoms with Gasteiger partial charge in [-0.2, -0.15) is 17.5 Å². The summed E-state index contributed by atoms with van der Waals surface area (Å²) in [6.45, 7) is 1.27. The van der Waals surface area contributed by atoms with E-state index in [-0.39, 0.29) is 30.5 Å². The second kappa shape index (κ2) is 10.4. The van der Waals surface area contributed by atoms with Gasteiger partial charge >= 0.3 is 12.1 Å². The smallest absolute Gasteiger partial charge is 0.475 e. The van der Waals surface area contributed by atoms with Gasteiger partial charge in [-0.25, -0.2) is 13.2 Å². The summed E-state index contributed by atoms with van der Waals surface area (Å²) in [6.07, 6.45) is -0.418. The minimum atomic E-state index is -5.08. The zero-order valence-corrected chi connectivity index (χ0v) is 17.5. The maximum absolute atomic E-state index is 12.4. The number of nitrogens with one attached hydrogen (secondary N) is 1. The van der Waals surface area contributed by atoms with Crippen molar-refractivity contribution in [1.29, 1.82) is 0 Å². The molecule has 2 N–H and O–H groups in total. The fraction of sp³-hybridized carbons (Fsp3) is 0.611. The zero-order chi connectivity index (χ0) is 23.2. The van der Waals surface area contributed by atoms with Crippen molar-refractivity contribution in [1.82, 2.24) is 14.6 Å². The van der Waals surface area contributed by atoms with Crippen LogP contribution in [-0.2, 0) is 30.8 Å². The Labute approximate surface area is 177 Å². The topological polar surface area (TPSA) is 126 Å². The van der Waals surface area contributed by atoms with E-state index >= 15 is 0 Å². The van der Waals surface area contributed by atoms with Gasteiger partial charge in [0.1, 0.15) is 0 Å². The molecular formula is C18H24F3N3O6S. The van der Waals surface area contributed by atoms with E-state index in [4.69, 9.17) is 14.6 Å². The summed E-state index contributed by atoms with van der Waals surface area (Å²) in [5.74, 6) is -3.25. The molecule has 3 rings (SSSR count). The van der Waals surface area contributed by atoms with Crippen LogP contribution >= 0.6 is 0 Å². The van der Waals surface area contributed by atoms with Crippen molar-refractivity contribution in [2.75, 3.05) is 26.0 Å². The normalized spacial score (nSPS) is 23.9. The number of hydrogen-bond acceptors (Lipinski definition) is 6. The summed E-state index contributed by atoms with van der Waals surface area (Å²) in [6, 6.07) is 5.54. The highest BCUT2D eigenvalue weighted by Gasteiger charge is 2.45. The highest BCUT2D eigenvalue weighted by molar-refractivity contribution is 7.88. The molecular weight excluding hydrogens is 443 g/mol. The molecule has 0 saturated carbocycles. The average molecular weight is 467 g/mol. The zero-order valence-electron chi connectivity index (χ0n) is 16.7. The van der Waals surface area contributed by atoms with Gasteiger partial charge in [0.15, 0.2) is 0 Å². The van der Waals surface area contributed by atoms with Crippen molar-refractivity contribution < 1.29 is 41.0 Å². The number of amides is 1. The highest BCUT2D eigenvalue weighted by Crippen LogP contribution is 2.32. The summed E-state index contributed by atoms with van der Waals surface area (Å²) < 4.78 is 62.9. The number of ether oxygens (including phenoxy) is 1. The number of alkyl halides is 3. The van der Waals surface area contributed by atoms with Crippen LogP contribution in [0.4, 0.5) is 13.2 Å². The molecule has 0 spiro atoms. The molecule has 0 unspecified atom stereocenters. The van der Waals surface area contributed by atoms with Crippen LogP contribution < -0.4 is 5.32 Å². The van der Waals surface area contributed by atoms with Crippen molar-refractivity contribution in [2.24, 2.45) is 5.92 Å². The molecule has 31 heavy (non-hydrogen) atoms. The molecule has 2 aliphatic heterocycles. The number of nitrogens with zero attached hydrogens (tertiary/aromatic N) is 2. The largest absolute Gasteiger partial charge is 0.490 e. The second-order valence-electron chi connectivity index (χ2n) is 7.20. The van der Waals surface area contributed by atoms with Crippen LogP contribution in [0, 0.1) is 5.92 Å². The molecule has 3 atom stereocenters. The fourth-order valence-corrected chi connectivity index (χ4v) is 4.66. The Kier molecular flexibility index (Phi) is 8.37. The first-order valence-electron chi connectivity index (χ1n) is 9.45. The molecule has 2 saturated heterocycles. The predicted octanol–water partition coefficient (Wildman–Crippen LogP) is 0.813. The van der Waals surface area contributed by atoms with E-state index in [1.165, 1.54) is 10.6 Å². The van der Waals surface area contributed by atoms with Gasteiger partial charge in [-0.15, -0.1) is 0 Å². The van der Waals surface area contributed by atoms with Crippen LogP contribution in [0.15, 0.2) is 24.4 Å². The van der Waals surface area contributed by atoms with Gasteiger partial charge in [-0.05, 0) is 25.0 Å². The number of hydrogen-bond donors (Lipinski definition) is 2. The molecule has 13 heteroatoms. The lowest BCUT2D eigenvalue weighted by molar-refractivity contribution is -0.192. The fourth-order valence-electron chi connectivity index (χ4n) is 3.47. The molecule has 0 radical (unpaired) electrons. The van der Waals surface area contributed by atoms with Crippen molar-refractivity contribution in [3.8, 4) is 0 Å². The third-order valence-electron chi connectivity index (χ3n) is 4.91. The van der Waals surface area contributed by atoms with E-state index in [1.807, 2.05) is 18.2 Å². The molecule has 0 aromatic carbocycles. The number of fused-ring (bicyclic) bond motifs is 1. The third kappa shape index (κ3) is 7.43. The molecule has 9 nitrogen and oxygen atoms in total. The van der Waals surface area contributed by atoms with Crippen LogP contribution in [-0.4, -0.2) is 79.0 Å². The van der Waals surface area contributed by atoms with Crippen LogP contribution in [0.2, 0.25) is 0 Å². The van der Waals surface area contributed by atoms with E-state index < -0.39 is 22.2 Å². The van der Waals surface area contributed by atoms with Gasteiger partial charge in [0.2, 0.25) is 15.9 Å². The first kappa shape index (κ1) is 25.0. The number of carboxylic acids is 1. The Bertz CT molecular complexity index is 866. The third-order valence-corrected chi connectivity index (χ3v) is 6.18. The van der Waals surface area contributed by atoms with Crippen molar-refractivity contribution in [3.05, 3.63) is 30.1 Å². The van der Waals surface area contributed by atoms with Gasteiger partial charge in [-0.3, -0.25) is 9.78 Å². The number of pyridine rings is 1. The molecule has 1 amide bonds. The second-order valence-corrected chi connectivity index (χ2v) is 9.13. The Morgan fingerprint density at radius 1 is 1.35 bits per heavy atom. The van der Waals surface area contributed by atoms with Gasteiger partial charge in [-0.1, -0.05) is 6.07 Å². The maximum Gasteiger partial charge on any atom is 0.490 e. The number of piperidine rings is 1. The lowest BCUT2D eigenvalue weighted by Gasteiger charge is -2.38. The SMILES string of the molecule is CS(=O)(=O)N1C[C@@H](C(=O)NCCc2ccccn2)C[C@H]2OCC[C@H]21.O=C(O)C(F)(F)F. The summed E-state index contributed by atoms with van der Waals surface area (Å²) in [4.78, 5) is 25.6. The van der Waals surface area contributed by atoms with Crippen molar-refractivity contribution in [2.45, 2.75) is 37.6 Å². The van der Waals surface area contributed by atoms with Crippen molar-refractivity contribution in [3.63, 3.8) is 0 Å². The van der Waals surface area contributed by atoms with E-state index in [2.05, 4.69) is 10.3 Å². The number of sulfonamides is 1. The molecule has 0 aliphatic carbocycles. The van der Waals surface area contributed by atoms with Crippen molar-refractivity contribution >= 4 is 21.9 Å². The van der Waals surface area contributed by atoms with Gasteiger partial charge in [0.25, 0.3) is 0 Å². The predicted molar refractivity (Wildman–Crippen MR) is 102 cm³/mol. The van der Waals surface area contributed by atoms with E-state index in [0.717, 1.165) is 5.69 Å². The summed E-state index contributed by atoms with van der Waals surface area (Å²) in [5, 5.41) is 10.0. The molecule has 174 valence electrons. The van der Waals surface area contributed by atoms with Gasteiger partial charge in [0, 0.05) is 38.0 Å². The van der Waals surface area contributed by atoms with Crippen LogP contribution in [0.1, 0.15) is 18.5 Å². The summed E-state index contributed by atoms with van der Waals surface area (Å²) in [7, 11) is -3.35. The Hall–Kier alpha value is -2.25. The van der Waals surface area contributed by atoms with Crippen LogP contribution in [0.5, 0.6) is 0 Å². The standard InChI is InChI=1S/C16H23N3O4S.C2HF3O2/c1-24(21,22)19-11-12(10-15-14(19)6-9-23-15)16(20)18-8-5-13-4-2-3-7-17-13;3-2(4,5)1(6)7/h2-4,7,12,14-15H,5-6,8-11H2,1H3,(H,18,20);(H,6,7)/t12-,14+,15+;/m0./s1. The first-order valence-corrected chi connectivity index (χ1v) is 11.3. The van der Waals surface area contributed by atoms with E-state index in [9.17, 15) is 26.4 Å². The molecule has 1 aromatic rings. The molecule has 2 aliphatic rings. The monoisotopic (exact) mass is 467 g/mol. The van der Waals surface area contributed by atoms with E-state index in [1.54, 1.807) is 6.20 Å². The number of rotatable bonds is 5. The number of carboxylic acid groups (broad SMARTS) is 1. The molecule has 2 fully saturated rings. The number of carbonyl (C=O) groups excluding carboxylic acids is 1. The maximum atomic E-state index is 12.4. The molecule has 3 heterocycles. The quantitative estimate of drug-likeness (QED) is 0.656. The summed E-state index contributed by atoms with van der Waals surface area (Å²) in [5.41, 5.74) is 0.915.